The van der Waals surface area contributed by atoms with Crippen molar-refractivity contribution in [3.05, 3.63) is 38.9 Å². The molecule has 1 amide bonds. The minimum atomic E-state index is -0.189. The Morgan fingerprint density at radius 1 is 1.38 bits per heavy atom. The van der Waals surface area contributed by atoms with Crippen molar-refractivity contribution in [1.29, 1.82) is 0 Å². The number of hydrogen-bond donors (Lipinski definition) is 1. The van der Waals surface area contributed by atoms with Crippen LogP contribution in [-0.4, -0.2) is 15.5 Å². The van der Waals surface area contributed by atoms with E-state index in [0.717, 1.165) is 20.5 Å². The molecule has 1 aromatic heterocycles. The molecule has 0 fully saturated rings. The summed E-state index contributed by atoms with van der Waals surface area (Å²) in [6.45, 7) is 0. The lowest BCUT2D eigenvalue weighted by molar-refractivity contribution is 0.102. The van der Waals surface area contributed by atoms with E-state index in [1.54, 1.807) is 6.07 Å². The molecule has 1 aromatic carbocycles. The average Bonchev–Trinajstić information content (AvgIpc) is 2.70. The highest BCUT2D eigenvalue weighted by Crippen LogP contribution is 2.23. The number of anilines is 1. The molecule has 82 valence electrons. The number of halogens is 2. The van der Waals surface area contributed by atoms with Crippen LogP contribution in [0, 0.1) is 0 Å². The van der Waals surface area contributed by atoms with E-state index in [0.29, 0.717) is 10.6 Å². The van der Waals surface area contributed by atoms with Crippen molar-refractivity contribution in [2.24, 2.45) is 0 Å². The standard InChI is InChI=1S/C9H5Br2N3OS/c10-5-1-2-6(7(11)3-5)9(15)13-8-4-12-14-16-8/h1-4H,(H,13,15). The minimum Gasteiger partial charge on any atom is -0.311 e. The minimum absolute atomic E-state index is 0.189. The number of benzene rings is 1. The van der Waals surface area contributed by atoms with Gasteiger partial charge in [-0.25, -0.2) is 0 Å². The predicted octanol–water partition coefficient (Wildman–Crippen LogP) is 3.32. The molecule has 0 saturated carbocycles. The maximum Gasteiger partial charge on any atom is 0.257 e. The first-order valence-corrected chi connectivity index (χ1v) is 6.56. The van der Waals surface area contributed by atoms with Crippen molar-refractivity contribution in [3.8, 4) is 0 Å². The van der Waals surface area contributed by atoms with E-state index in [4.69, 9.17) is 0 Å². The Morgan fingerprint density at radius 2 is 2.19 bits per heavy atom. The predicted molar refractivity (Wildman–Crippen MR) is 69.7 cm³/mol. The zero-order valence-corrected chi connectivity index (χ0v) is 11.8. The molecule has 0 spiro atoms. The van der Waals surface area contributed by atoms with Crippen LogP contribution >= 0.6 is 43.4 Å². The number of amides is 1. The fourth-order valence-corrected chi connectivity index (χ4v) is 2.72. The monoisotopic (exact) mass is 361 g/mol. The van der Waals surface area contributed by atoms with E-state index in [1.165, 1.54) is 6.20 Å². The first-order chi connectivity index (χ1) is 7.66. The Hall–Kier alpha value is -0.790. The third-order valence-corrected chi connectivity index (χ3v) is 3.50. The largest absolute Gasteiger partial charge is 0.311 e. The van der Waals surface area contributed by atoms with Gasteiger partial charge < -0.3 is 5.32 Å². The van der Waals surface area contributed by atoms with Gasteiger partial charge in [-0.1, -0.05) is 20.4 Å². The van der Waals surface area contributed by atoms with Gasteiger partial charge in [0.25, 0.3) is 5.91 Å². The van der Waals surface area contributed by atoms with Crippen LogP contribution in [0.25, 0.3) is 0 Å². The first-order valence-electron chi connectivity index (χ1n) is 4.20. The van der Waals surface area contributed by atoms with Crippen molar-refractivity contribution in [1.82, 2.24) is 9.59 Å². The Kier molecular flexibility index (Phi) is 3.67. The highest BCUT2D eigenvalue weighted by molar-refractivity contribution is 9.11. The van der Waals surface area contributed by atoms with E-state index in [2.05, 4.69) is 46.8 Å². The smallest absolute Gasteiger partial charge is 0.257 e. The van der Waals surface area contributed by atoms with Gasteiger partial charge in [0.1, 0.15) is 5.00 Å². The van der Waals surface area contributed by atoms with Crippen LogP contribution in [0.1, 0.15) is 10.4 Å². The van der Waals surface area contributed by atoms with Crippen LogP contribution in [0.3, 0.4) is 0 Å². The van der Waals surface area contributed by atoms with Gasteiger partial charge in [0, 0.05) is 20.5 Å². The highest BCUT2D eigenvalue weighted by Gasteiger charge is 2.11. The lowest BCUT2D eigenvalue weighted by atomic mass is 10.2. The molecular formula is C9H5Br2N3OS. The molecule has 0 aliphatic rings. The number of aromatic nitrogens is 2. The SMILES string of the molecule is O=C(Nc1cnns1)c1ccc(Br)cc1Br. The van der Waals surface area contributed by atoms with E-state index in [-0.39, 0.29) is 5.91 Å². The zero-order chi connectivity index (χ0) is 11.5. The molecule has 0 radical (unpaired) electrons. The third-order valence-electron chi connectivity index (χ3n) is 1.77. The summed E-state index contributed by atoms with van der Waals surface area (Å²) < 4.78 is 5.31. The summed E-state index contributed by atoms with van der Waals surface area (Å²) in [4.78, 5) is 11.8. The molecule has 4 nitrogen and oxygen atoms in total. The van der Waals surface area contributed by atoms with Crippen molar-refractivity contribution in [2.75, 3.05) is 5.32 Å². The van der Waals surface area contributed by atoms with Crippen LogP contribution in [-0.2, 0) is 0 Å². The summed E-state index contributed by atoms with van der Waals surface area (Å²) in [5.74, 6) is -0.189. The second-order valence-electron chi connectivity index (χ2n) is 2.86. The quantitative estimate of drug-likeness (QED) is 0.891. The second-order valence-corrected chi connectivity index (χ2v) is 5.42. The first kappa shape index (κ1) is 11.7. The Labute approximate surface area is 112 Å². The Balaban J connectivity index is 2.21. The second kappa shape index (κ2) is 5.03. The van der Waals surface area contributed by atoms with Gasteiger partial charge in [-0.05, 0) is 34.1 Å². The van der Waals surface area contributed by atoms with Crippen molar-refractivity contribution in [3.63, 3.8) is 0 Å². The summed E-state index contributed by atoms with van der Waals surface area (Å²) in [6.07, 6.45) is 1.51. The number of nitrogens with zero attached hydrogens (tertiary/aromatic N) is 2. The van der Waals surface area contributed by atoms with Gasteiger partial charge in [0.05, 0.1) is 11.8 Å². The van der Waals surface area contributed by atoms with E-state index >= 15 is 0 Å². The van der Waals surface area contributed by atoms with E-state index in [1.807, 2.05) is 12.1 Å². The van der Waals surface area contributed by atoms with Crippen LogP contribution in [0.15, 0.2) is 33.3 Å². The van der Waals surface area contributed by atoms with Crippen molar-refractivity contribution in [2.45, 2.75) is 0 Å². The molecule has 0 aliphatic carbocycles. The molecule has 2 rings (SSSR count). The van der Waals surface area contributed by atoms with E-state index < -0.39 is 0 Å². The van der Waals surface area contributed by atoms with Crippen LogP contribution in [0.4, 0.5) is 5.00 Å². The van der Waals surface area contributed by atoms with Gasteiger partial charge in [-0.15, -0.1) is 5.10 Å². The van der Waals surface area contributed by atoms with Gasteiger partial charge in [0.15, 0.2) is 0 Å². The van der Waals surface area contributed by atoms with Gasteiger partial charge in [-0.2, -0.15) is 0 Å². The lowest BCUT2D eigenvalue weighted by Gasteiger charge is -2.04. The normalized spacial score (nSPS) is 10.1. The molecule has 0 aliphatic heterocycles. The maximum absolute atomic E-state index is 11.8. The summed E-state index contributed by atoms with van der Waals surface area (Å²) >= 11 is 7.80. The fraction of sp³-hybridized carbons (Fsp3) is 0. The van der Waals surface area contributed by atoms with Crippen molar-refractivity contribution >= 4 is 54.3 Å². The van der Waals surface area contributed by atoms with Crippen LogP contribution in [0.2, 0.25) is 0 Å². The summed E-state index contributed by atoms with van der Waals surface area (Å²) in [5, 5.41) is 6.97. The molecule has 0 saturated heterocycles. The fourth-order valence-electron chi connectivity index (χ4n) is 1.08. The van der Waals surface area contributed by atoms with Crippen LogP contribution in [0.5, 0.6) is 0 Å². The molecule has 7 heteroatoms. The van der Waals surface area contributed by atoms with Crippen molar-refractivity contribution < 1.29 is 4.79 Å². The number of carbonyl (C=O) groups is 1. The topological polar surface area (TPSA) is 54.9 Å². The lowest BCUT2D eigenvalue weighted by Crippen LogP contribution is -2.11. The molecule has 1 N–H and O–H groups in total. The van der Waals surface area contributed by atoms with Crippen LogP contribution < -0.4 is 5.32 Å². The molecule has 0 atom stereocenters. The maximum atomic E-state index is 11.8. The van der Waals surface area contributed by atoms with Gasteiger partial charge in [0.2, 0.25) is 0 Å². The molecular weight excluding hydrogens is 358 g/mol. The molecule has 16 heavy (non-hydrogen) atoms. The number of rotatable bonds is 2. The number of carbonyl (C=O) groups excluding carboxylic acids is 1. The Bertz CT molecular complexity index is 515. The highest BCUT2D eigenvalue weighted by atomic mass is 79.9. The van der Waals surface area contributed by atoms with E-state index in [9.17, 15) is 4.79 Å². The summed E-state index contributed by atoms with van der Waals surface area (Å²) in [6, 6.07) is 5.36. The molecule has 0 unspecified atom stereocenters. The number of nitrogens with one attached hydrogen (secondary N) is 1. The summed E-state index contributed by atoms with van der Waals surface area (Å²) in [7, 11) is 0. The number of hydrogen-bond acceptors (Lipinski definition) is 4. The summed E-state index contributed by atoms with van der Waals surface area (Å²) in [5.41, 5.74) is 0.566. The van der Waals surface area contributed by atoms with Gasteiger partial charge >= 0.3 is 0 Å². The Morgan fingerprint density at radius 3 is 2.81 bits per heavy atom. The molecule has 2 aromatic rings. The average molecular weight is 363 g/mol. The zero-order valence-electron chi connectivity index (χ0n) is 7.78. The molecule has 1 heterocycles. The molecule has 0 bridgehead atoms. The van der Waals surface area contributed by atoms with Gasteiger partial charge in [-0.3, -0.25) is 4.79 Å². The third kappa shape index (κ3) is 2.66.